The molecule has 26 heavy (non-hydrogen) atoms. The zero-order valence-corrected chi connectivity index (χ0v) is 15.8. The Labute approximate surface area is 156 Å². The number of hydrogen-bond donors (Lipinski definition) is 0. The molecule has 0 radical (unpaired) electrons. The van der Waals surface area contributed by atoms with E-state index in [0.29, 0.717) is 24.6 Å². The van der Waals surface area contributed by atoms with Gasteiger partial charge >= 0.3 is 0 Å². The van der Waals surface area contributed by atoms with Gasteiger partial charge in [-0.05, 0) is 36.8 Å². The Morgan fingerprint density at radius 1 is 1.15 bits per heavy atom. The van der Waals surface area contributed by atoms with Gasteiger partial charge in [0.2, 0.25) is 0 Å². The zero-order chi connectivity index (χ0) is 18.4. The lowest BCUT2D eigenvalue weighted by atomic mass is 10.1. The summed E-state index contributed by atoms with van der Waals surface area (Å²) in [5.74, 6) is 0.648. The predicted molar refractivity (Wildman–Crippen MR) is 104 cm³/mol. The van der Waals surface area contributed by atoms with E-state index < -0.39 is 0 Å². The zero-order valence-electron chi connectivity index (χ0n) is 15.0. The lowest BCUT2D eigenvalue weighted by Gasteiger charge is -2.04. The van der Waals surface area contributed by atoms with Crippen LogP contribution < -0.4 is 9.54 Å². The van der Waals surface area contributed by atoms with Gasteiger partial charge < -0.3 is 14.0 Å². The van der Waals surface area contributed by atoms with Gasteiger partial charge in [-0.25, -0.2) is 0 Å². The lowest BCUT2D eigenvalue weighted by molar-refractivity contribution is -0.117. The molecule has 0 saturated carbocycles. The molecule has 0 aliphatic heterocycles. The van der Waals surface area contributed by atoms with Crippen molar-refractivity contribution in [3.63, 3.8) is 0 Å². The molecule has 0 unspecified atom stereocenters. The molecule has 0 aliphatic rings. The van der Waals surface area contributed by atoms with Crippen molar-refractivity contribution in [3.05, 3.63) is 58.9 Å². The van der Waals surface area contributed by atoms with Crippen molar-refractivity contribution in [2.24, 2.45) is 4.99 Å². The summed E-state index contributed by atoms with van der Waals surface area (Å²) >= 11 is 1.52. The first-order chi connectivity index (χ1) is 12.7. The van der Waals surface area contributed by atoms with Gasteiger partial charge in [-0.2, -0.15) is 4.99 Å². The number of ether oxygens (including phenoxy) is 2. The van der Waals surface area contributed by atoms with E-state index in [0.717, 1.165) is 21.5 Å². The molecular formula is C20H22N2O3S. The summed E-state index contributed by atoms with van der Waals surface area (Å²) in [5.41, 5.74) is 1.99. The quantitative estimate of drug-likeness (QED) is 0.640. The first kappa shape index (κ1) is 18.4. The molecule has 0 bridgehead atoms. The predicted octanol–water partition coefficient (Wildman–Crippen LogP) is 3.42. The van der Waals surface area contributed by atoms with Gasteiger partial charge in [0.15, 0.2) is 4.80 Å². The molecular weight excluding hydrogens is 348 g/mol. The molecule has 6 heteroatoms. The van der Waals surface area contributed by atoms with E-state index in [1.807, 2.05) is 60.0 Å². The van der Waals surface area contributed by atoms with Crippen LogP contribution in [0.4, 0.5) is 0 Å². The molecule has 0 fully saturated rings. The molecule has 3 rings (SSSR count). The molecule has 1 heterocycles. The highest BCUT2D eigenvalue weighted by Gasteiger charge is 2.08. The standard InChI is InChI=1S/C20H22N2O3S/c1-3-25-16-10-8-15(9-11-16)14-19(23)21-20-22(12-13-24-2)17-6-4-5-7-18(17)26-20/h4-11H,3,12-14H2,1-2H3. The number of benzene rings is 2. The van der Waals surface area contributed by atoms with Gasteiger partial charge in [-0.1, -0.05) is 35.6 Å². The number of hydrogen-bond acceptors (Lipinski definition) is 4. The largest absolute Gasteiger partial charge is 0.494 e. The Balaban J connectivity index is 1.85. The number of fused-ring (bicyclic) bond motifs is 1. The summed E-state index contributed by atoms with van der Waals surface area (Å²) in [6.07, 6.45) is 0.269. The van der Waals surface area contributed by atoms with Crippen LogP contribution >= 0.6 is 11.3 Å². The van der Waals surface area contributed by atoms with E-state index in [2.05, 4.69) is 4.99 Å². The van der Waals surface area contributed by atoms with Crippen LogP contribution in [0.1, 0.15) is 12.5 Å². The lowest BCUT2D eigenvalue weighted by Crippen LogP contribution is -2.19. The van der Waals surface area contributed by atoms with Gasteiger partial charge in [0.05, 0.1) is 29.9 Å². The van der Waals surface area contributed by atoms with E-state index in [1.165, 1.54) is 11.3 Å². The Kier molecular flexibility index (Phi) is 6.20. The highest BCUT2D eigenvalue weighted by atomic mass is 32.1. The van der Waals surface area contributed by atoms with Crippen LogP contribution in [0.25, 0.3) is 10.2 Å². The van der Waals surface area contributed by atoms with Crippen molar-refractivity contribution in [1.82, 2.24) is 4.57 Å². The number of carbonyl (C=O) groups is 1. The second-order valence-electron chi connectivity index (χ2n) is 5.76. The average molecular weight is 370 g/mol. The minimum absolute atomic E-state index is 0.160. The fourth-order valence-corrected chi connectivity index (χ4v) is 3.77. The van der Waals surface area contributed by atoms with E-state index in [-0.39, 0.29) is 12.3 Å². The van der Waals surface area contributed by atoms with Crippen LogP contribution in [0, 0.1) is 0 Å². The summed E-state index contributed by atoms with van der Waals surface area (Å²) in [6.45, 7) is 3.80. The van der Waals surface area contributed by atoms with Crippen molar-refractivity contribution in [2.75, 3.05) is 20.3 Å². The molecule has 1 aromatic heterocycles. The van der Waals surface area contributed by atoms with E-state index in [1.54, 1.807) is 7.11 Å². The number of nitrogens with zero attached hydrogens (tertiary/aromatic N) is 2. The maximum absolute atomic E-state index is 12.5. The Morgan fingerprint density at radius 2 is 1.92 bits per heavy atom. The minimum Gasteiger partial charge on any atom is -0.494 e. The summed E-state index contributed by atoms with van der Waals surface area (Å²) in [4.78, 5) is 17.5. The highest BCUT2D eigenvalue weighted by molar-refractivity contribution is 7.16. The molecule has 0 N–H and O–H groups in total. The Morgan fingerprint density at radius 3 is 2.65 bits per heavy atom. The Bertz CT molecular complexity index is 942. The fourth-order valence-electron chi connectivity index (χ4n) is 2.70. The summed E-state index contributed by atoms with van der Waals surface area (Å²) < 4.78 is 13.8. The van der Waals surface area contributed by atoms with Crippen LogP contribution in [-0.4, -0.2) is 30.8 Å². The van der Waals surface area contributed by atoms with Crippen molar-refractivity contribution in [2.45, 2.75) is 19.9 Å². The summed E-state index contributed by atoms with van der Waals surface area (Å²) in [7, 11) is 1.67. The second-order valence-corrected chi connectivity index (χ2v) is 6.77. The number of thiazole rings is 1. The van der Waals surface area contributed by atoms with Gasteiger partial charge in [-0.15, -0.1) is 0 Å². The molecule has 3 aromatic rings. The molecule has 0 atom stereocenters. The van der Waals surface area contributed by atoms with Crippen LogP contribution in [0.3, 0.4) is 0 Å². The third-order valence-electron chi connectivity index (χ3n) is 3.92. The van der Waals surface area contributed by atoms with Crippen LogP contribution in [0.2, 0.25) is 0 Å². The molecule has 1 amide bonds. The minimum atomic E-state index is -0.160. The summed E-state index contributed by atoms with van der Waals surface area (Å²) in [5, 5.41) is 0. The van der Waals surface area contributed by atoms with Crippen LogP contribution in [-0.2, 0) is 22.5 Å². The number of amides is 1. The third-order valence-corrected chi connectivity index (χ3v) is 4.98. The van der Waals surface area contributed by atoms with Gasteiger partial charge in [0.25, 0.3) is 5.91 Å². The summed E-state index contributed by atoms with van der Waals surface area (Å²) in [6, 6.07) is 15.6. The monoisotopic (exact) mass is 370 g/mol. The highest BCUT2D eigenvalue weighted by Crippen LogP contribution is 2.17. The molecule has 0 aliphatic carbocycles. The number of rotatable bonds is 7. The first-order valence-electron chi connectivity index (χ1n) is 8.58. The molecule has 5 nitrogen and oxygen atoms in total. The van der Waals surface area contributed by atoms with Crippen molar-refractivity contribution < 1.29 is 14.3 Å². The van der Waals surface area contributed by atoms with Crippen LogP contribution in [0.15, 0.2) is 53.5 Å². The number of methoxy groups -OCH3 is 1. The van der Waals surface area contributed by atoms with Gasteiger partial charge in [0, 0.05) is 13.7 Å². The SMILES string of the molecule is CCOc1ccc(CC(=O)N=c2sc3ccccc3n2CCOC)cc1. The maximum atomic E-state index is 12.5. The number of carbonyl (C=O) groups excluding carboxylic acids is 1. The number of para-hydroxylation sites is 1. The van der Waals surface area contributed by atoms with E-state index in [9.17, 15) is 4.79 Å². The van der Waals surface area contributed by atoms with E-state index in [4.69, 9.17) is 9.47 Å². The third kappa shape index (κ3) is 4.39. The first-order valence-corrected chi connectivity index (χ1v) is 9.39. The van der Waals surface area contributed by atoms with Gasteiger partial charge in [-0.3, -0.25) is 4.79 Å². The molecule has 2 aromatic carbocycles. The second kappa shape index (κ2) is 8.78. The Hall–Kier alpha value is -2.44. The van der Waals surface area contributed by atoms with Crippen molar-refractivity contribution in [3.8, 4) is 5.75 Å². The fraction of sp³-hybridized carbons (Fsp3) is 0.300. The topological polar surface area (TPSA) is 52.8 Å². The van der Waals surface area contributed by atoms with Crippen LogP contribution in [0.5, 0.6) is 5.75 Å². The van der Waals surface area contributed by atoms with Crippen molar-refractivity contribution in [1.29, 1.82) is 0 Å². The smallest absolute Gasteiger partial charge is 0.252 e. The molecule has 0 spiro atoms. The normalized spacial score (nSPS) is 11.8. The average Bonchev–Trinajstić information content (AvgIpc) is 2.98. The molecule has 0 saturated heterocycles. The van der Waals surface area contributed by atoms with Crippen molar-refractivity contribution >= 4 is 27.5 Å². The van der Waals surface area contributed by atoms with E-state index >= 15 is 0 Å². The van der Waals surface area contributed by atoms with Gasteiger partial charge in [0.1, 0.15) is 5.75 Å². The maximum Gasteiger partial charge on any atom is 0.252 e. The number of aromatic nitrogens is 1. The molecule has 136 valence electrons.